The fourth-order valence-electron chi connectivity index (χ4n) is 6.83. The lowest BCUT2D eigenvalue weighted by Crippen LogP contribution is -2.25. The molecule has 6 heteroatoms. The van der Waals surface area contributed by atoms with Crippen LogP contribution in [0.4, 0.5) is 22.0 Å². The average molecular weight is 533 g/mol. The van der Waals surface area contributed by atoms with Gasteiger partial charge in [0.15, 0.2) is 0 Å². The molecule has 1 atom stereocenters. The number of epoxide rings is 1. The van der Waals surface area contributed by atoms with Crippen molar-refractivity contribution in [2.45, 2.75) is 83.4 Å². The number of halogens is 5. The number of alkyl halides is 3. The van der Waals surface area contributed by atoms with Gasteiger partial charge in [0.1, 0.15) is 17.7 Å². The predicted octanol–water partition coefficient (Wildman–Crippen LogP) is 10.1. The second kappa shape index (κ2) is 11.5. The third-order valence-electron chi connectivity index (χ3n) is 9.07. The van der Waals surface area contributed by atoms with Gasteiger partial charge >= 0.3 is 6.18 Å². The minimum absolute atomic E-state index is 0.0764. The minimum Gasteiger partial charge on any atom is -0.368 e. The summed E-state index contributed by atoms with van der Waals surface area (Å²) in [6.45, 7) is 2.66. The zero-order chi connectivity index (χ0) is 26.9. The summed E-state index contributed by atoms with van der Waals surface area (Å²) in [4.78, 5) is 0. The zero-order valence-electron chi connectivity index (χ0n) is 22.0. The predicted molar refractivity (Wildman–Crippen MR) is 140 cm³/mol. The van der Waals surface area contributed by atoms with Crippen LogP contribution in [0, 0.1) is 35.3 Å². The first-order chi connectivity index (χ1) is 18.2. The number of hydrogen-bond donors (Lipinski definition) is 0. The van der Waals surface area contributed by atoms with Crippen LogP contribution in [0.3, 0.4) is 0 Å². The van der Waals surface area contributed by atoms with Crippen LogP contribution >= 0.6 is 0 Å². The van der Waals surface area contributed by atoms with E-state index in [-0.39, 0.29) is 28.7 Å². The smallest absolute Gasteiger partial charge is 0.368 e. The third-order valence-corrected chi connectivity index (χ3v) is 9.07. The largest absolute Gasteiger partial charge is 0.419 e. The number of allylic oxidation sites excluding steroid dienone is 1. The monoisotopic (exact) mass is 532 g/mol. The standard InChI is InChI=1S/C32H37F5O/c1-2-3-20-4-9-22(10-5-20)23-11-6-21(7-12-23)8-13-24-14-16-26(31(34)30(24)32(35,36)37)25-15-17-27(28(33)18-25)29-19-38-29/h8,13-18,20-23,29H,2-7,9-12,19H2,1H3/b13-8+. The molecule has 1 saturated heterocycles. The van der Waals surface area contributed by atoms with Crippen LogP contribution in [-0.2, 0) is 10.9 Å². The van der Waals surface area contributed by atoms with Crippen LogP contribution in [0.1, 0.15) is 93.9 Å². The molecule has 1 aliphatic heterocycles. The average Bonchev–Trinajstić information content (AvgIpc) is 3.73. The van der Waals surface area contributed by atoms with Gasteiger partial charge in [-0.25, -0.2) is 8.78 Å². The van der Waals surface area contributed by atoms with Crippen molar-refractivity contribution in [3.63, 3.8) is 0 Å². The van der Waals surface area contributed by atoms with E-state index >= 15 is 4.39 Å². The Balaban J connectivity index is 1.27. The van der Waals surface area contributed by atoms with E-state index in [1.165, 1.54) is 68.9 Å². The summed E-state index contributed by atoms with van der Waals surface area (Å²) in [7, 11) is 0. The Kier molecular flexibility index (Phi) is 8.27. The molecule has 0 radical (unpaired) electrons. The second-order valence-electron chi connectivity index (χ2n) is 11.6. The Labute approximate surface area is 222 Å². The molecule has 0 amide bonds. The van der Waals surface area contributed by atoms with Crippen molar-refractivity contribution in [3.8, 4) is 11.1 Å². The van der Waals surface area contributed by atoms with Gasteiger partial charge < -0.3 is 4.74 Å². The van der Waals surface area contributed by atoms with Gasteiger partial charge in [-0.15, -0.1) is 0 Å². The topological polar surface area (TPSA) is 12.5 Å². The highest BCUT2D eigenvalue weighted by atomic mass is 19.4. The van der Waals surface area contributed by atoms with Gasteiger partial charge in [-0.1, -0.05) is 69.0 Å². The molecule has 3 aliphatic rings. The van der Waals surface area contributed by atoms with E-state index in [4.69, 9.17) is 4.74 Å². The van der Waals surface area contributed by atoms with E-state index in [0.29, 0.717) is 12.2 Å². The normalized spacial score (nSPS) is 28.1. The molecular formula is C32H37F5O. The third kappa shape index (κ3) is 6.16. The van der Waals surface area contributed by atoms with Crippen LogP contribution in [0.15, 0.2) is 36.4 Å². The first-order valence-electron chi connectivity index (χ1n) is 14.2. The van der Waals surface area contributed by atoms with Crippen LogP contribution in [0.5, 0.6) is 0 Å². The van der Waals surface area contributed by atoms with Crippen molar-refractivity contribution < 1.29 is 26.7 Å². The van der Waals surface area contributed by atoms with Crippen molar-refractivity contribution in [2.75, 3.05) is 6.61 Å². The maximum Gasteiger partial charge on any atom is 0.419 e. The summed E-state index contributed by atoms with van der Waals surface area (Å²) in [5, 5.41) is 0. The van der Waals surface area contributed by atoms with E-state index in [1.54, 1.807) is 0 Å². The summed E-state index contributed by atoms with van der Waals surface area (Å²) in [6, 6.07) is 6.60. The summed E-state index contributed by atoms with van der Waals surface area (Å²) >= 11 is 0. The molecule has 1 heterocycles. The highest BCUT2D eigenvalue weighted by Gasteiger charge is 2.38. The number of hydrogen-bond acceptors (Lipinski definition) is 1. The summed E-state index contributed by atoms with van der Waals surface area (Å²) in [5.41, 5.74) is -1.32. The second-order valence-corrected chi connectivity index (χ2v) is 11.6. The van der Waals surface area contributed by atoms with Crippen LogP contribution in [-0.4, -0.2) is 6.61 Å². The molecule has 2 aromatic carbocycles. The molecule has 0 spiro atoms. The summed E-state index contributed by atoms with van der Waals surface area (Å²) < 4.78 is 76.8. The Hall–Kier alpha value is -2.21. The number of rotatable bonds is 7. The highest BCUT2D eigenvalue weighted by molar-refractivity contribution is 5.70. The molecule has 2 aromatic rings. The van der Waals surface area contributed by atoms with Gasteiger partial charge in [-0.3, -0.25) is 0 Å². The highest BCUT2D eigenvalue weighted by Crippen LogP contribution is 2.44. The van der Waals surface area contributed by atoms with Crippen molar-refractivity contribution in [1.29, 1.82) is 0 Å². The lowest BCUT2D eigenvalue weighted by molar-refractivity contribution is -0.140. The molecule has 3 fully saturated rings. The molecular weight excluding hydrogens is 495 g/mol. The van der Waals surface area contributed by atoms with E-state index < -0.39 is 23.4 Å². The van der Waals surface area contributed by atoms with Crippen LogP contribution in [0.2, 0.25) is 0 Å². The van der Waals surface area contributed by atoms with E-state index in [0.717, 1.165) is 49.5 Å². The minimum atomic E-state index is -4.87. The fourth-order valence-corrected chi connectivity index (χ4v) is 6.83. The molecule has 38 heavy (non-hydrogen) atoms. The van der Waals surface area contributed by atoms with Gasteiger partial charge in [0.2, 0.25) is 0 Å². The summed E-state index contributed by atoms with van der Waals surface area (Å²) in [5.74, 6) is 0.646. The Morgan fingerprint density at radius 1 is 0.895 bits per heavy atom. The molecule has 206 valence electrons. The van der Waals surface area contributed by atoms with Crippen molar-refractivity contribution >= 4 is 6.08 Å². The fraction of sp³-hybridized carbons (Fsp3) is 0.562. The van der Waals surface area contributed by atoms with Crippen LogP contribution in [0.25, 0.3) is 17.2 Å². The van der Waals surface area contributed by atoms with E-state index in [1.807, 2.05) is 6.08 Å². The van der Waals surface area contributed by atoms with Gasteiger partial charge in [-0.2, -0.15) is 13.2 Å². The van der Waals surface area contributed by atoms with Crippen molar-refractivity contribution in [2.24, 2.45) is 23.7 Å². The van der Waals surface area contributed by atoms with E-state index in [2.05, 4.69) is 6.92 Å². The molecule has 0 aromatic heterocycles. The first-order valence-corrected chi connectivity index (χ1v) is 14.2. The molecule has 2 saturated carbocycles. The molecule has 2 aliphatic carbocycles. The SMILES string of the molecule is CCCC1CCC(C2CCC(/C=C/c3ccc(-c4ccc(C5CO5)c(F)c4)c(F)c3C(F)(F)F)CC2)CC1. The molecule has 1 nitrogen and oxygen atoms in total. The zero-order valence-corrected chi connectivity index (χ0v) is 22.0. The molecule has 5 rings (SSSR count). The molecule has 0 bridgehead atoms. The number of benzene rings is 2. The van der Waals surface area contributed by atoms with Crippen molar-refractivity contribution in [3.05, 3.63) is 64.7 Å². The van der Waals surface area contributed by atoms with Crippen molar-refractivity contribution in [1.82, 2.24) is 0 Å². The van der Waals surface area contributed by atoms with Crippen LogP contribution < -0.4 is 0 Å². The summed E-state index contributed by atoms with van der Waals surface area (Å²) in [6.07, 6.45) is 10.2. The Morgan fingerprint density at radius 2 is 1.55 bits per heavy atom. The maximum atomic E-state index is 15.3. The molecule has 1 unspecified atom stereocenters. The Bertz CT molecular complexity index is 1130. The lowest BCUT2D eigenvalue weighted by Gasteiger charge is -2.37. The van der Waals surface area contributed by atoms with Gasteiger partial charge in [0, 0.05) is 11.1 Å². The lowest BCUT2D eigenvalue weighted by atomic mass is 9.68. The van der Waals surface area contributed by atoms with Gasteiger partial charge in [0.25, 0.3) is 0 Å². The quantitative estimate of drug-likeness (QED) is 0.255. The molecule has 0 N–H and O–H groups in total. The van der Waals surface area contributed by atoms with E-state index in [9.17, 15) is 17.6 Å². The van der Waals surface area contributed by atoms with Gasteiger partial charge in [-0.05, 0) is 79.4 Å². The number of ether oxygens (including phenoxy) is 1. The maximum absolute atomic E-state index is 15.3. The Morgan fingerprint density at radius 3 is 2.13 bits per heavy atom. The first kappa shape index (κ1) is 27.4. The van der Waals surface area contributed by atoms with Gasteiger partial charge in [0.05, 0.1) is 12.2 Å².